The molecule has 4 nitrogen and oxygen atoms in total. The van der Waals surface area contributed by atoms with Crippen molar-refractivity contribution in [1.29, 1.82) is 0 Å². The first-order valence-corrected chi connectivity index (χ1v) is 15.4. The topological polar surface area (TPSA) is 32.8 Å². The van der Waals surface area contributed by atoms with Crippen molar-refractivity contribution in [3.8, 4) is 0 Å². The third-order valence-electron chi connectivity index (χ3n) is 8.62. The number of nitrogens with zero attached hydrogens (tertiary/aromatic N) is 2. The van der Waals surface area contributed by atoms with Crippen LogP contribution in [0, 0.1) is 0 Å². The van der Waals surface area contributed by atoms with Crippen molar-refractivity contribution in [2.45, 2.75) is 0 Å². The largest absolute Gasteiger partial charge is 0.456 e. The van der Waals surface area contributed by atoms with Crippen LogP contribution in [0.1, 0.15) is 0 Å². The summed E-state index contributed by atoms with van der Waals surface area (Å²) < 4.78 is 12.7. The molecule has 2 heterocycles. The van der Waals surface area contributed by atoms with Crippen molar-refractivity contribution >= 4 is 78.0 Å². The number of furan rings is 2. The van der Waals surface area contributed by atoms with Crippen molar-refractivity contribution in [1.82, 2.24) is 0 Å². The third-order valence-corrected chi connectivity index (χ3v) is 8.62. The van der Waals surface area contributed by atoms with E-state index in [2.05, 4.69) is 149 Å². The van der Waals surface area contributed by atoms with Gasteiger partial charge in [0.15, 0.2) is 0 Å². The number of para-hydroxylation sites is 4. The molecule has 0 saturated carbocycles. The summed E-state index contributed by atoms with van der Waals surface area (Å²) in [7, 11) is 0. The highest BCUT2D eigenvalue weighted by Crippen LogP contribution is 2.42. The molecule has 218 valence electrons. The van der Waals surface area contributed by atoms with Gasteiger partial charge in [0.05, 0.1) is 0 Å². The van der Waals surface area contributed by atoms with Crippen LogP contribution in [0.15, 0.2) is 179 Å². The van der Waals surface area contributed by atoms with Gasteiger partial charge in [-0.05, 0) is 91.0 Å². The van der Waals surface area contributed by atoms with Gasteiger partial charge in [0.1, 0.15) is 22.3 Å². The van der Waals surface area contributed by atoms with Crippen LogP contribution >= 0.6 is 0 Å². The van der Waals surface area contributed by atoms with E-state index in [0.717, 1.165) is 78.0 Å². The van der Waals surface area contributed by atoms with Crippen LogP contribution < -0.4 is 9.80 Å². The van der Waals surface area contributed by atoms with Crippen molar-refractivity contribution in [2.24, 2.45) is 0 Å². The lowest BCUT2D eigenvalue weighted by Crippen LogP contribution is -2.09. The van der Waals surface area contributed by atoms with E-state index in [9.17, 15) is 0 Å². The summed E-state index contributed by atoms with van der Waals surface area (Å²) in [6.07, 6.45) is 0. The van der Waals surface area contributed by atoms with Crippen molar-refractivity contribution in [3.63, 3.8) is 0 Å². The highest BCUT2D eigenvalue weighted by molar-refractivity contribution is 6.09. The van der Waals surface area contributed by atoms with Gasteiger partial charge >= 0.3 is 0 Å². The number of hydrogen-bond acceptors (Lipinski definition) is 4. The molecule has 0 radical (unpaired) electrons. The summed E-state index contributed by atoms with van der Waals surface area (Å²) in [6, 6.07) is 58.9. The molecule has 0 amide bonds. The Morgan fingerprint density at radius 2 is 0.652 bits per heavy atom. The van der Waals surface area contributed by atoms with Crippen LogP contribution in [0.3, 0.4) is 0 Å². The predicted molar refractivity (Wildman–Crippen MR) is 190 cm³/mol. The molecule has 0 aliphatic heterocycles. The number of hydrogen-bond donors (Lipinski definition) is 0. The Labute approximate surface area is 265 Å². The van der Waals surface area contributed by atoms with Crippen LogP contribution in [-0.4, -0.2) is 0 Å². The van der Waals surface area contributed by atoms with Crippen LogP contribution in [0.2, 0.25) is 0 Å². The molecule has 0 fully saturated rings. The van der Waals surface area contributed by atoms with Crippen LogP contribution in [0.5, 0.6) is 0 Å². The van der Waals surface area contributed by atoms with Crippen molar-refractivity contribution < 1.29 is 8.83 Å². The molecule has 9 rings (SSSR count). The number of fused-ring (bicyclic) bond motifs is 6. The molecule has 0 spiro atoms. The summed E-state index contributed by atoms with van der Waals surface area (Å²) in [5, 5.41) is 4.35. The maximum Gasteiger partial charge on any atom is 0.137 e. The maximum atomic E-state index is 6.38. The van der Waals surface area contributed by atoms with Crippen molar-refractivity contribution in [2.75, 3.05) is 9.80 Å². The first-order valence-electron chi connectivity index (χ1n) is 15.4. The number of rotatable bonds is 6. The lowest BCUT2D eigenvalue weighted by atomic mass is 10.1. The second-order valence-electron chi connectivity index (χ2n) is 11.4. The van der Waals surface area contributed by atoms with Gasteiger partial charge in [-0.2, -0.15) is 0 Å². The predicted octanol–water partition coefficient (Wildman–Crippen LogP) is 12.4. The van der Waals surface area contributed by atoms with E-state index in [0.29, 0.717) is 0 Å². The Bertz CT molecular complexity index is 2440. The minimum Gasteiger partial charge on any atom is -0.456 e. The zero-order chi connectivity index (χ0) is 30.5. The van der Waals surface area contributed by atoms with Gasteiger partial charge in [-0.15, -0.1) is 0 Å². The van der Waals surface area contributed by atoms with E-state index in [1.54, 1.807) is 0 Å². The Balaban J connectivity index is 1.21. The standard InChI is InChI=1S/C42H28N2O2/c1-4-12-29(13-5-1)43(30-14-6-2-7-15-30)32-21-24-40-37(26-32)38-27-33(22-25-41(38)45-40)44(31-16-8-3-9-17-31)34-20-23-36-35-18-10-11-19-39(35)46-42(36)28-34/h1-28H. The second-order valence-corrected chi connectivity index (χ2v) is 11.4. The molecule has 0 aliphatic rings. The second kappa shape index (κ2) is 10.7. The lowest BCUT2D eigenvalue weighted by Gasteiger charge is -2.26. The van der Waals surface area contributed by atoms with Gasteiger partial charge < -0.3 is 18.6 Å². The third kappa shape index (κ3) is 4.39. The fourth-order valence-electron chi connectivity index (χ4n) is 6.51. The molecule has 2 aromatic heterocycles. The van der Waals surface area contributed by atoms with E-state index in [1.807, 2.05) is 30.3 Å². The van der Waals surface area contributed by atoms with E-state index in [1.165, 1.54) is 0 Å². The summed E-state index contributed by atoms with van der Waals surface area (Å²) in [6.45, 7) is 0. The summed E-state index contributed by atoms with van der Waals surface area (Å²) >= 11 is 0. The van der Waals surface area contributed by atoms with Crippen molar-refractivity contribution in [3.05, 3.63) is 170 Å². The fraction of sp³-hybridized carbons (Fsp3) is 0. The van der Waals surface area contributed by atoms with E-state index < -0.39 is 0 Å². The Morgan fingerprint density at radius 3 is 1.22 bits per heavy atom. The molecule has 0 saturated heterocycles. The summed E-state index contributed by atoms with van der Waals surface area (Å²) in [5.41, 5.74) is 9.82. The average molecular weight is 593 g/mol. The fourth-order valence-corrected chi connectivity index (χ4v) is 6.51. The quantitative estimate of drug-likeness (QED) is 0.192. The molecule has 0 atom stereocenters. The van der Waals surface area contributed by atoms with Gasteiger partial charge in [0.2, 0.25) is 0 Å². The monoisotopic (exact) mass is 592 g/mol. The molecule has 46 heavy (non-hydrogen) atoms. The summed E-state index contributed by atoms with van der Waals surface area (Å²) in [4.78, 5) is 4.55. The zero-order valence-corrected chi connectivity index (χ0v) is 24.9. The summed E-state index contributed by atoms with van der Waals surface area (Å²) in [5.74, 6) is 0. The van der Waals surface area contributed by atoms with Gasteiger partial charge in [-0.25, -0.2) is 0 Å². The molecule has 7 aromatic carbocycles. The highest BCUT2D eigenvalue weighted by Gasteiger charge is 2.19. The van der Waals surface area contributed by atoms with E-state index in [-0.39, 0.29) is 0 Å². The van der Waals surface area contributed by atoms with Gasteiger partial charge in [-0.1, -0.05) is 72.8 Å². The zero-order valence-electron chi connectivity index (χ0n) is 24.9. The number of benzene rings is 7. The molecule has 0 aliphatic carbocycles. The number of anilines is 6. The molecule has 9 aromatic rings. The average Bonchev–Trinajstić information content (AvgIpc) is 3.67. The van der Waals surface area contributed by atoms with Crippen LogP contribution in [-0.2, 0) is 0 Å². The van der Waals surface area contributed by atoms with Crippen LogP contribution in [0.25, 0.3) is 43.9 Å². The minimum absolute atomic E-state index is 0.850. The first-order chi connectivity index (χ1) is 22.8. The first kappa shape index (κ1) is 26.2. The SMILES string of the molecule is c1ccc(N(c2ccccc2)c2ccc3oc4ccc(N(c5ccccc5)c5ccc6c(c5)oc5ccccc56)cc4c3c2)cc1. The van der Waals surface area contributed by atoms with Gasteiger partial charge in [0.25, 0.3) is 0 Å². The normalized spacial score (nSPS) is 11.5. The Hall–Kier alpha value is -6.26. The molecular formula is C42H28N2O2. The Kier molecular flexibility index (Phi) is 6.10. The van der Waals surface area contributed by atoms with E-state index >= 15 is 0 Å². The lowest BCUT2D eigenvalue weighted by molar-refractivity contribution is 0.668. The molecule has 0 unspecified atom stereocenters. The Morgan fingerprint density at radius 1 is 0.261 bits per heavy atom. The molecule has 4 heteroatoms. The minimum atomic E-state index is 0.850. The van der Waals surface area contributed by atoms with Gasteiger partial charge in [-0.3, -0.25) is 0 Å². The maximum absolute atomic E-state index is 6.38. The molecule has 0 bridgehead atoms. The molecular weight excluding hydrogens is 564 g/mol. The molecule has 0 N–H and O–H groups in total. The van der Waals surface area contributed by atoms with Crippen LogP contribution in [0.4, 0.5) is 34.1 Å². The smallest absolute Gasteiger partial charge is 0.137 e. The van der Waals surface area contributed by atoms with E-state index in [4.69, 9.17) is 8.83 Å². The van der Waals surface area contributed by atoms with Gasteiger partial charge in [0, 0.05) is 61.7 Å². The highest BCUT2D eigenvalue weighted by atomic mass is 16.3.